The third kappa shape index (κ3) is 35.1. The highest BCUT2D eigenvalue weighted by molar-refractivity contribution is 7.47. The fraction of sp³-hybridized carbons (Fsp3) is 0.829. The van der Waals surface area contributed by atoms with E-state index in [-0.39, 0.29) is 25.7 Å². The molecule has 0 aliphatic carbocycles. The Bertz CT molecular complexity index is 881. The molecule has 0 bridgehead atoms. The number of rotatable bonds is 38. The quantitative estimate of drug-likeness (QED) is 0.0283. The summed E-state index contributed by atoms with van der Waals surface area (Å²) in [6.07, 6.45) is 43.3. The lowest BCUT2D eigenvalue weighted by Crippen LogP contribution is -2.45. The molecule has 5 N–H and O–H groups in total. The van der Waals surface area contributed by atoms with Gasteiger partial charge in [-0.05, 0) is 44.9 Å². The number of allylic oxidation sites excluding steroid dienone is 5. The average Bonchev–Trinajstić information content (AvgIpc) is 3.10. The van der Waals surface area contributed by atoms with E-state index in [1.807, 2.05) is 6.08 Å². The number of hydrogen-bond donors (Lipinski definition) is 4. The highest BCUT2D eigenvalue weighted by atomic mass is 31.2. The first-order chi connectivity index (χ1) is 24.4. The largest absolute Gasteiger partial charge is 0.472 e. The van der Waals surface area contributed by atoms with Gasteiger partial charge in [-0.2, -0.15) is 0 Å². The van der Waals surface area contributed by atoms with Crippen LogP contribution in [0.15, 0.2) is 36.5 Å². The van der Waals surface area contributed by atoms with Gasteiger partial charge >= 0.3 is 7.82 Å². The maximum absolute atomic E-state index is 12.7. The molecule has 1 amide bonds. The van der Waals surface area contributed by atoms with E-state index in [4.69, 9.17) is 14.8 Å². The van der Waals surface area contributed by atoms with Crippen LogP contribution in [0, 0.1) is 0 Å². The van der Waals surface area contributed by atoms with Crippen molar-refractivity contribution in [3.05, 3.63) is 36.5 Å². The summed E-state index contributed by atoms with van der Waals surface area (Å²) in [6, 6.07) is -0.866. The number of carbonyl (C=O) groups is 1. The van der Waals surface area contributed by atoms with E-state index in [0.29, 0.717) is 6.42 Å². The van der Waals surface area contributed by atoms with Crippen molar-refractivity contribution in [2.24, 2.45) is 5.73 Å². The number of amides is 1. The number of aliphatic hydroxyl groups excluding tert-OH is 1. The Hall–Kier alpha value is -1.28. The predicted octanol–water partition coefficient (Wildman–Crippen LogP) is 11.2. The molecule has 0 aromatic heterocycles. The topological polar surface area (TPSA) is 131 Å². The molecule has 50 heavy (non-hydrogen) atoms. The lowest BCUT2D eigenvalue weighted by Gasteiger charge is -2.23. The molecule has 0 aromatic carbocycles. The SMILES string of the molecule is CCC/C=C\C/C=C\CCCCCCCC(=O)NC(COP(=O)(O)OCCN)C(O)/C=C/CCCCCCCCCCCCCCCCCC. The van der Waals surface area contributed by atoms with E-state index in [0.717, 1.165) is 70.6 Å². The molecular weight excluding hydrogens is 647 g/mol. The monoisotopic (exact) mass is 727 g/mol. The molecule has 8 nitrogen and oxygen atoms in total. The predicted molar refractivity (Wildman–Crippen MR) is 212 cm³/mol. The zero-order chi connectivity index (χ0) is 36.8. The van der Waals surface area contributed by atoms with Gasteiger partial charge in [0.2, 0.25) is 5.91 Å². The molecule has 0 aliphatic heterocycles. The Morgan fingerprint density at radius 3 is 1.66 bits per heavy atom. The maximum Gasteiger partial charge on any atom is 0.472 e. The van der Waals surface area contributed by atoms with Crippen molar-refractivity contribution >= 4 is 13.7 Å². The van der Waals surface area contributed by atoms with Crippen LogP contribution in [0.2, 0.25) is 0 Å². The third-order valence-corrected chi connectivity index (χ3v) is 9.93. The van der Waals surface area contributed by atoms with Crippen molar-refractivity contribution in [1.29, 1.82) is 0 Å². The van der Waals surface area contributed by atoms with Crippen LogP contribution in [-0.4, -0.2) is 47.8 Å². The molecule has 294 valence electrons. The van der Waals surface area contributed by atoms with E-state index >= 15 is 0 Å². The van der Waals surface area contributed by atoms with Gasteiger partial charge in [0.05, 0.1) is 25.4 Å². The summed E-state index contributed by atoms with van der Waals surface area (Å²) < 4.78 is 22.1. The standard InChI is InChI=1S/C41H79N2O6P/c1-3-5-7-9-11-13-15-17-18-19-20-21-23-24-26-28-30-32-34-40(44)39(38-49-50(46,47)48-37-36-42)43-41(45)35-33-31-29-27-25-22-16-14-12-10-8-6-4-2/h8,10,14,16,32,34,39-40,44H,3-7,9,11-13,15,17-31,33,35-38,42H2,1-2H3,(H,43,45)(H,46,47)/b10-8-,16-14-,34-32+. The van der Waals surface area contributed by atoms with Crippen LogP contribution in [0.4, 0.5) is 0 Å². The summed E-state index contributed by atoms with van der Waals surface area (Å²) >= 11 is 0. The Morgan fingerprint density at radius 2 is 1.14 bits per heavy atom. The number of phosphoric ester groups is 1. The molecule has 0 saturated heterocycles. The van der Waals surface area contributed by atoms with Gasteiger partial charge in [0.25, 0.3) is 0 Å². The number of nitrogens with two attached hydrogens (primary N) is 1. The number of nitrogens with one attached hydrogen (secondary N) is 1. The first-order valence-electron chi connectivity index (χ1n) is 20.6. The smallest absolute Gasteiger partial charge is 0.387 e. The van der Waals surface area contributed by atoms with Crippen molar-refractivity contribution in [3.8, 4) is 0 Å². The third-order valence-electron chi connectivity index (χ3n) is 8.94. The molecule has 0 heterocycles. The van der Waals surface area contributed by atoms with Crippen molar-refractivity contribution in [3.63, 3.8) is 0 Å². The van der Waals surface area contributed by atoms with Gasteiger partial charge in [-0.3, -0.25) is 13.8 Å². The van der Waals surface area contributed by atoms with E-state index < -0.39 is 20.0 Å². The molecule has 3 unspecified atom stereocenters. The van der Waals surface area contributed by atoms with Crippen molar-refractivity contribution < 1.29 is 28.4 Å². The van der Waals surface area contributed by atoms with E-state index in [1.165, 1.54) is 96.3 Å². The van der Waals surface area contributed by atoms with E-state index in [2.05, 4.69) is 43.5 Å². The van der Waals surface area contributed by atoms with Crippen LogP contribution >= 0.6 is 7.82 Å². The summed E-state index contributed by atoms with van der Waals surface area (Å²) in [5.74, 6) is -0.210. The van der Waals surface area contributed by atoms with Crippen LogP contribution in [0.25, 0.3) is 0 Å². The van der Waals surface area contributed by atoms with Gasteiger partial charge in [0, 0.05) is 13.0 Å². The van der Waals surface area contributed by atoms with Gasteiger partial charge < -0.3 is 21.1 Å². The molecule has 0 aromatic rings. The van der Waals surface area contributed by atoms with Gasteiger partial charge in [0.15, 0.2) is 0 Å². The Morgan fingerprint density at radius 1 is 0.660 bits per heavy atom. The number of carbonyl (C=O) groups excluding carboxylic acids is 1. The second kappa shape index (κ2) is 37.5. The van der Waals surface area contributed by atoms with Crippen LogP contribution < -0.4 is 11.1 Å². The molecule has 0 rings (SSSR count). The Labute approximate surface area is 308 Å². The van der Waals surface area contributed by atoms with Gasteiger partial charge in [-0.15, -0.1) is 0 Å². The van der Waals surface area contributed by atoms with Gasteiger partial charge in [-0.1, -0.05) is 172 Å². The molecular formula is C41H79N2O6P. The van der Waals surface area contributed by atoms with Crippen LogP contribution in [0.3, 0.4) is 0 Å². The molecule has 0 spiro atoms. The first-order valence-corrected chi connectivity index (χ1v) is 22.1. The minimum absolute atomic E-state index is 0.0756. The summed E-state index contributed by atoms with van der Waals surface area (Å²) in [7, 11) is -4.34. The minimum atomic E-state index is -4.34. The van der Waals surface area contributed by atoms with Gasteiger partial charge in [-0.25, -0.2) is 4.57 Å². The zero-order valence-corrected chi connectivity index (χ0v) is 33.3. The summed E-state index contributed by atoms with van der Waals surface area (Å²) in [5, 5.41) is 13.6. The fourth-order valence-electron chi connectivity index (χ4n) is 5.82. The first kappa shape index (κ1) is 48.7. The highest BCUT2D eigenvalue weighted by Crippen LogP contribution is 2.43. The molecule has 0 saturated carbocycles. The summed E-state index contributed by atoms with van der Waals surface area (Å²) in [4.78, 5) is 22.6. The minimum Gasteiger partial charge on any atom is -0.387 e. The van der Waals surface area contributed by atoms with E-state index in [9.17, 15) is 19.4 Å². The average molecular weight is 727 g/mol. The lowest BCUT2D eigenvalue weighted by molar-refractivity contribution is -0.123. The van der Waals surface area contributed by atoms with Crippen LogP contribution in [0.5, 0.6) is 0 Å². The lowest BCUT2D eigenvalue weighted by atomic mass is 10.0. The number of unbranched alkanes of at least 4 members (excludes halogenated alkanes) is 22. The molecule has 0 aliphatic rings. The van der Waals surface area contributed by atoms with Crippen molar-refractivity contribution in [2.45, 2.75) is 199 Å². The molecule has 0 radical (unpaired) electrons. The van der Waals surface area contributed by atoms with Crippen molar-refractivity contribution in [2.75, 3.05) is 19.8 Å². The maximum atomic E-state index is 12.7. The summed E-state index contributed by atoms with van der Waals surface area (Å²) in [6.45, 7) is 4.05. The van der Waals surface area contributed by atoms with Crippen LogP contribution in [-0.2, 0) is 18.4 Å². The number of hydrogen-bond acceptors (Lipinski definition) is 6. The second-order valence-corrected chi connectivity index (χ2v) is 15.3. The summed E-state index contributed by atoms with van der Waals surface area (Å²) in [5.41, 5.74) is 5.36. The van der Waals surface area contributed by atoms with Crippen molar-refractivity contribution in [1.82, 2.24) is 5.32 Å². The van der Waals surface area contributed by atoms with E-state index in [1.54, 1.807) is 6.08 Å². The molecule has 0 fully saturated rings. The highest BCUT2D eigenvalue weighted by Gasteiger charge is 2.26. The van der Waals surface area contributed by atoms with Gasteiger partial charge in [0.1, 0.15) is 0 Å². The zero-order valence-electron chi connectivity index (χ0n) is 32.4. The fourth-order valence-corrected chi connectivity index (χ4v) is 6.58. The molecule has 9 heteroatoms. The Kier molecular flexibility index (Phi) is 36.5. The molecule has 3 atom stereocenters. The van der Waals surface area contributed by atoms with Crippen LogP contribution in [0.1, 0.15) is 187 Å². The number of aliphatic hydroxyl groups is 1. The second-order valence-electron chi connectivity index (χ2n) is 13.8. The number of phosphoric acid groups is 1. The Balaban J connectivity index is 4.26. The normalized spacial score (nSPS) is 14.6.